The maximum absolute atomic E-state index is 4.47. The van der Waals surface area contributed by atoms with Crippen molar-refractivity contribution in [2.75, 3.05) is 27.2 Å². The molecule has 0 spiro atoms. The molecule has 6 heteroatoms. The van der Waals surface area contributed by atoms with E-state index in [1.165, 1.54) is 37.0 Å². The number of nitrogens with one attached hydrogen (secondary N) is 2. The van der Waals surface area contributed by atoms with Crippen molar-refractivity contribution in [1.82, 2.24) is 20.5 Å². The van der Waals surface area contributed by atoms with Gasteiger partial charge in [-0.2, -0.15) is 0 Å². The number of hydrogen-bond acceptors (Lipinski definition) is 4. The molecule has 2 rings (SSSR count). The summed E-state index contributed by atoms with van der Waals surface area (Å²) in [6, 6.07) is 0.800. The molecule has 24 heavy (non-hydrogen) atoms. The third kappa shape index (κ3) is 6.06. The van der Waals surface area contributed by atoms with Crippen LogP contribution < -0.4 is 10.6 Å². The van der Waals surface area contributed by atoms with Gasteiger partial charge >= 0.3 is 0 Å². The van der Waals surface area contributed by atoms with Crippen molar-refractivity contribution in [3.8, 4) is 0 Å². The summed E-state index contributed by atoms with van der Waals surface area (Å²) >= 11 is 1.75. The third-order valence-corrected chi connectivity index (χ3v) is 5.89. The third-order valence-electron chi connectivity index (χ3n) is 4.82. The van der Waals surface area contributed by atoms with E-state index in [0.717, 1.165) is 48.8 Å². The lowest BCUT2D eigenvalue weighted by molar-refractivity contribution is 0.190. The molecule has 5 nitrogen and oxygen atoms in total. The summed E-state index contributed by atoms with van der Waals surface area (Å²) in [6.07, 6.45) is 8.13. The number of nitrogens with zero attached hydrogens (tertiary/aromatic N) is 3. The Morgan fingerprint density at radius 3 is 2.62 bits per heavy atom. The van der Waals surface area contributed by atoms with Gasteiger partial charge in [-0.1, -0.05) is 19.3 Å². The lowest BCUT2D eigenvalue weighted by atomic mass is 9.94. The molecule has 0 aromatic carbocycles. The van der Waals surface area contributed by atoms with Gasteiger partial charge in [0.05, 0.1) is 17.2 Å². The van der Waals surface area contributed by atoms with E-state index in [1.54, 1.807) is 11.3 Å². The van der Waals surface area contributed by atoms with Gasteiger partial charge in [0.15, 0.2) is 5.96 Å². The van der Waals surface area contributed by atoms with Crippen LogP contribution in [0.15, 0.2) is 4.99 Å². The van der Waals surface area contributed by atoms with Gasteiger partial charge < -0.3 is 15.5 Å². The number of guanidine groups is 1. The highest BCUT2D eigenvalue weighted by molar-refractivity contribution is 7.11. The lowest BCUT2D eigenvalue weighted by Crippen LogP contribution is -2.39. The molecule has 1 aromatic rings. The normalized spacial score (nSPS) is 16.6. The Bertz CT molecular complexity index is 519. The van der Waals surface area contributed by atoms with E-state index in [-0.39, 0.29) is 0 Å². The number of thiazole rings is 1. The van der Waals surface area contributed by atoms with Gasteiger partial charge in [-0.3, -0.25) is 4.99 Å². The smallest absolute Gasteiger partial charge is 0.191 e. The van der Waals surface area contributed by atoms with Gasteiger partial charge in [-0.05, 0) is 46.7 Å². The predicted octanol–water partition coefficient (Wildman–Crippen LogP) is 3.08. The monoisotopic (exact) mass is 351 g/mol. The van der Waals surface area contributed by atoms with E-state index in [0.29, 0.717) is 0 Å². The fraction of sp³-hybridized carbons (Fsp3) is 0.778. The molecule has 0 aliphatic heterocycles. The van der Waals surface area contributed by atoms with Crippen LogP contribution in [0.5, 0.6) is 0 Å². The minimum absolute atomic E-state index is 0.791. The van der Waals surface area contributed by atoms with Crippen LogP contribution in [-0.2, 0) is 6.54 Å². The van der Waals surface area contributed by atoms with E-state index in [4.69, 9.17) is 0 Å². The van der Waals surface area contributed by atoms with Gasteiger partial charge in [0, 0.05) is 24.5 Å². The lowest BCUT2D eigenvalue weighted by Gasteiger charge is -2.31. The molecule has 1 aliphatic rings. The Labute approximate surface area is 151 Å². The molecule has 2 N–H and O–H groups in total. The standard InChI is InChI=1S/C18H33N5S/c1-14-17(24-15(2)22-14)13-21-18(19-3)20-11-8-12-23(4)16-9-6-5-7-10-16/h16H,5-13H2,1-4H3,(H2,19,20,21). The van der Waals surface area contributed by atoms with Crippen LogP contribution in [0, 0.1) is 13.8 Å². The number of hydrogen-bond donors (Lipinski definition) is 2. The molecule has 0 radical (unpaired) electrons. The summed E-state index contributed by atoms with van der Waals surface area (Å²) in [5.41, 5.74) is 1.12. The zero-order chi connectivity index (χ0) is 17.4. The molecule has 0 unspecified atom stereocenters. The zero-order valence-electron chi connectivity index (χ0n) is 15.7. The predicted molar refractivity (Wildman–Crippen MR) is 104 cm³/mol. The molecule has 1 aromatic heterocycles. The average Bonchev–Trinajstić information content (AvgIpc) is 2.92. The second kappa shape index (κ2) is 9.99. The Hall–Kier alpha value is -1.14. The zero-order valence-corrected chi connectivity index (χ0v) is 16.5. The van der Waals surface area contributed by atoms with E-state index in [1.807, 2.05) is 7.05 Å². The van der Waals surface area contributed by atoms with E-state index in [2.05, 4.69) is 46.4 Å². The van der Waals surface area contributed by atoms with Crippen LogP contribution in [0.4, 0.5) is 0 Å². The molecule has 1 saturated carbocycles. The molecule has 1 aliphatic carbocycles. The van der Waals surface area contributed by atoms with Crippen molar-refractivity contribution in [3.63, 3.8) is 0 Å². The Morgan fingerprint density at radius 1 is 1.25 bits per heavy atom. The van der Waals surface area contributed by atoms with Crippen LogP contribution in [0.25, 0.3) is 0 Å². The summed E-state index contributed by atoms with van der Waals surface area (Å²) in [5, 5.41) is 7.93. The highest BCUT2D eigenvalue weighted by atomic mass is 32.1. The number of aliphatic imine (C=N–C) groups is 1. The van der Waals surface area contributed by atoms with Crippen LogP contribution in [0.2, 0.25) is 0 Å². The number of aryl methyl sites for hydroxylation is 2. The fourth-order valence-electron chi connectivity index (χ4n) is 3.36. The van der Waals surface area contributed by atoms with Crippen molar-refractivity contribution in [2.45, 2.75) is 65.0 Å². The molecule has 1 fully saturated rings. The largest absolute Gasteiger partial charge is 0.356 e. The molecule has 0 atom stereocenters. The number of rotatable bonds is 7. The summed E-state index contributed by atoms with van der Waals surface area (Å²) in [4.78, 5) is 12.6. The highest BCUT2D eigenvalue weighted by Gasteiger charge is 2.17. The Balaban J connectivity index is 1.63. The highest BCUT2D eigenvalue weighted by Crippen LogP contribution is 2.21. The van der Waals surface area contributed by atoms with Gasteiger partial charge in [0.2, 0.25) is 0 Å². The van der Waals surface area contributed by atoms with Crippen molar-refractivity contribution in [2.24, 2.45) is 4.99 Å². The van der Waals surface area contributed by atoms with Gasteiger partial charge in [-0.15, -0.1) is 11.3 Å². The summed E-state index contributed by atoms with van der Waals surface area (Å²) in [5.74, 6) is 0.876. The fourth-order valence-corrected chi connectivity index (χ4v) is 4.24. The van der Waals surface area contributed by atoms with E-state index in [9.17, 15) is 0 Å². The summed E-state index contributed by atoms with van der Waals surface area (Å²) in [7, 11) is 4.10. The molecular weight excluding hydrogens is 318 g/mol. The van der Waals surface area contributed by atoms with Crippen molar-refractivity contribution < 1.29 is 0 Å². The maximum Gasteiger partial charge on any atom is 0.191 e. The maximum atomic E-state index is 4.47. The Kier molecular flexibility index (Phi) is 7.99. The second-order valence-corrected chi connectivity index (χ2v) is 8.01. The van der Waals surface area contributed by atoms with Crippen LogP contribution in [0.3, 0.4) is 0 Å². The molecule has 0 bridgehead atoms. The van der Waals surface area contributed by atoms with Crippen LogP contribution in [0.1, 0.15) is 54.1 Å². The van der Waals surface area contributed by atoms with Gasteiger partial charge in [0.1, 0.15) is 0 Å². The molecular formula is C18H33N5S. The summed E-state index contributed by atoms with van der Waals surface area (Å²) < 4.78 is 0. The van der Waals surface area contributed by atoms with Gasteiger partial charge in [0.25, 0.3) is 0 Å². The van der Waals surface area contributed by atoms with Gasteiger partial charge in [-0.25, -0.2) is 4.98 Å². The Morgan fingerprint density at radius 2 is 2.00 bits per heavy atom. The molecule has 0 saturated heterocycles. The first-order valence-corrected chi connectivity index (χ1v) is 9.99. The number of aromatic nitrogens is 1. The average molecular weight is 352 g/mol. The first-order valence-electron chi connectivity index (χ1n) is 9.18. The topological polar surface area (TPSA) is 52.6 Å². The molecule has 136 valence electrons. The van der Waals surface area contributed by atoms with Crippen molar-refractivity contribution in [3.05, 3.63) is 15.6 Å². The molecule has 0 amide bonds. The molecule has 1 heterocycles. The van der Waals surface area contributed by atoms with Crippen molar-refractivity contribution in [1.29, 1.82) is 0 Å². The summed E-state index contributed by atoms with van der Waals surface area (Å²) in [6.45, 7) is 7.02. The van der Waals surface area contributed by atoms with Crippen molar-refractivity contribution >= 4 is 17.3 Å². The minimum Gasteiger partial charge on any atom is -0.356 e. The van der Waals surface area contributed by atoms with E-state index >= 15 is 0 Å². The second-order valence-electron chi connectivity index (χ2n) is 6.72. The quantitative estimate of drug-likeness (QED) is 0.450. The SMILES string of the molecule is CN=C(NCCCN(C)C1CCCCC1)NCc1sc(C)nc1C. The van der Waals surface area contributed by atoms with E-state index < -0.39 is 0 Å². The minimum atomic E-state index is 0.791. The first kappa shape index (κ1) is 19.2. The van der Waals surface area contributed by atoms with Crippen LogP contribution >= 0.6 is 11.3 Å². The first-order chi connectivity index (χ1) is 11.6. The van der Waals surface area contributed by atoms with Crippen LogP contribution in [-0.4, -0.2) is 49.1 Å².